The van der Waals surface area contributed by atoms with Crippen molar-refractivity contribution in [1.82, 2.24) is 10.2 Å². The Labute approximate surface area is 172 Å². The summed E-state index contributed by atoms with van der Waals surface area (Å²) in [5, 5.41) is 2.87. The highest BCUT2D eigenvalue weighted by Crippen LogP contribution is 2.19. The lowest BCUT2D eigenvalue weighted by atomic mass is 10.1. The number of hydrogen-bond donors (Lipinski definition) is 1. The van der Waals surface area contributed by atoms with Crippen molar-refractivity contribution >= 4 is 23.6 Å². The molecule has 0 aliphatic carbocycles. The summed E-state index contributed by atoms with van der Waals surface area (Å²) in [6, 6.07) is 17.6. The molecular weight excluding hydrogens is 368 g/mol. The number of aryl methyl sites for hydroxylation is 1. The molecule has 0 aliphatic heterocycles. The molecule has 0 radical (unpaired) electrons. The van der Waals surface area contributed by atoms with Gasteiger partial charge < -0.3 is 10.2 Å². The molecule has 0 aromatic heterocycles. The van der Waals surface area contributed by atoms with Crippen molar-refractivity contribution in [2.24, 2.45) is 0 Å². The number of benzene rings is 2. The van der Waals surface area contributed by atoms with Gasteiger partial charge in [-0.05, 0) is 37.0 Å². The summed E-state index contributed by atoms with van der Waals surface area (Å²) in [6.45, 7) is 6.93. The van der Waals surface area contributed by atoms with Crippen molar-refractivity contribution in [3.63, 3.8) is 0 Å². The largest absolute Gasteiger partial charge is 0.355 e. The normalized spacial score (nSPS) is 11.7. The van der Waals surface area contributed by atoms with Crippen LogP contribution in [0.5, 0.6) is 0 Å². The van der Waals surface area contributed by atoms with Gasteiger partial charge in [0.05, 0.1) is 5.75 Å². The third-order valence-corrected chi connectivity index (χ3v) is 5.64. The van der Waals surface area contributed by atoms with Gasteiger partial charge in [-0.2, -0.15) is 0 Å². The first-order valence-corrected chi connectivity index (χ1v) is 11.0. The minimum Gasteiger partial charge on any atom is -0.355 e. The fourth-order valence-corrected chi connectivity index (χ4v) is 4.08. The van der Waals surface area contributed by atoms with E-state index in [1.807, 2.05) is 56.3 Å². The van der Waals surface area contributed by atoms with Crippen LogP contribution in [0.25, 0.3) is 0 Å². The van der Waals surface area contributed by atoms with Crippen molar-refractivity contribution < 1.29 is 9.59 Å². The Balaban J connectivity index is 2.09. The van der Waals surface area contributed by atoms with E-state index >= 15 is 0 Å². The number of nitrogens with zero attached hydrogens (tertiary/aromatic N) is 1. The van der Waals surface area contributed by atoms with Crippen LogP contribution >= 0.6 is 11.8 Å². The molecule has 2 aromatic rings. The van der Waals surface area contributed by atoms with E-state index in [4.69, 9.17) is 0 Å². The molecule has 0 heterocycles. The zero-order valence-corrected chi connectivity index (χ0v) is 17.8. The standard InChI is InChI=1S/C23H30N2O2S/c1-4-21(23(27)24-5-2)25(15-19-12-7-6-8-13-19)22(26)17-28-16-20-14-10-9-11-18(20)3/h6-14,21H,4-5,15-17H2,1-3H3,(H,24,27)/t21-/m1/s1. The molecule has 0 bridgehead atoms. The van der Waals surface area contributed by atoms with Gasteiger partial charge in [-0.1, -0.05) is 61.5 Å². The van der Waals surface area contributed by atoms with E-state index < -0.39 is 6.04 Å². The van der Waals surface area contributed by atoms with Crippen LogP contribution in [0.4, 0.5) is 0 Å². The summed E-state index contributed by atoms with van der Waals surface area (Å²) < 4.78 is 0. The van der Waals surface area contributed by atoms with Crippen LogP contribution in [0.1, 0.15) is 37.0 Å². The van der Waals surface area contributed by atoms with Crippen molar-refractivity contribution in [2.75, 3.05) is 12.3 Å². The highest BCUT2D eigenvalue weighted by Gasteiger charge is 2.28. The molecule has 150 valence electrons. The van der Waals surface area contributed by atoms with E-state index in [-0.39, 0.29) is 11.8 Å². The highest BCUT2D eigenvalue weighted by molar-refractivity contribution is 7.99. The van der Waals surface area contributed by atoms with Gasteiger partial charge in [-0.15, -0.1) is 11.8 Å². The number of rotatable bonds is 10. The molecule has 0 saturated heterocycles. The molecule has 4 nitrogen and oxygen atoms in total. The van der Waals surface area contributed by atoms with Crippen molar-refractivity contribution in [3.8, 4) is 0 Å². The number of likely N-dealkylation sites (N-methyl/N-ethyl adjacent to an activating group) is 1. The second-order valence-corrected chi connectivity index (χ2v) is 7.73. The average Bonchev–Trinajstić information content (AvgIpc) is 2.70. The Bertz CT molecular complexity index is 764. The fourth-order valence-electron chi connectivity index (χ4n) is 3.09. The summed E-state index contributed by atoms with van der Waals surface area (Å²) in [5.74, 6) is 1.06. The van der Waals surface area contributed by atoms with Crippen LogP contribution in [-0.2, 0) is 21.9 Å². The fraction of sp³-hybridized carbons (Fsp3) is 0.391. The molecule has 5 heteroatoms. The first kappa shape index (κ1) is 22.0. The Morgan fingerprint density at radius 3 is 2.36 bits per heavy atom. The molecule has 0 aliphatic rings. The molecule has 28 heavy (non-hydrogen) atoms. The van der Waals surface area contributed by atoms with Crippen LogP contribution in [0.15, 0.2) is 54.6 Å². The third-order valence-electron chi connectivity index (χ3n) is 4.68. The second kappa shape index (κ2) is 11.5. The van der Waals surface area contributed by atoms with Gasteiger partial charge in [0.1, 0.15) is 6.04 Å². The molecule has 0 spiro atoms. The van der Waals surface area contributed by atoms with Gasteiger partial charge in [0.15, 0.2) is 0 Å². The van der Waals surface area contributed by atoms with Gasteiger partial charge in [-0.3, -0.25) is 9.59 Å². The van der Waals surface area contributed by atoms with Gasteiger partial charge >= 0.3 is 0 Å². The zero-order valence-electron chi connectivity index (χ0n) is 17.0. The lowest BCUT2D eigenvalue weighted by Crippen LogP contribution is -2.49. The first-order chi connectivity index (χ1) is 13.6. The quantitative estimate of drug-likeness (QED) is 0.653. The minimum absolute atomic E-state index is 0.000500. The Hall–Kier alpha value is -2.27. The molecule has 2 rings (SSSR count). The maximum Gasteiger partial charge on any atom is 0.242 e. The number of hydrogen-bond acceptors (Lipinski definition) is 3. The molecule has 0 fully saturated rings. The molecule has 0 unspecified atom stereocenters. The van der Waals surface area contributed by atoms with E-state index in [1.54, 1.807) is 16.7 Å². The molecule has 2 aromatic carbocycles. The Kier molecular flexibility index (Phi) is 9.08. The highest BCUT2D eigenvalue weighted by atomic mass is 32.2. The predicted octanol–water partition coefficient (Wildman–Crippen LogP) is 4.17. The third kappa shape index (κ3) is 6.41. The lowest BCUT2D eigenvalue weighted by molar-refractivity contribution is -0.139. The maximum absolute atomic E-state index is 13.1. The molecule has 1 atom stereocenters. The number of nitrogens with one attached hydrogen (secondary N) is 1. The zero-order chi connectivity index (χ0) is 20.4. The van der Waals surface area contributed by atoms with E-state index in [0.717, 1.165) is 11.3 Å². The average molecular weight is 399 g/mol. The summed E-state index contributed by atoms with van der Waals surface area (Å²) in [6.07, 6.45) is 0.590. The van der Waals surface area contributed by atoms with Crippen molar-refractivity contribution in [3.05, 3.63) is 71.3 Å². The lowest BCUT2D eigenvalue weighted by Gasteiger charge is -2.30. The second-order valence-electron chi connectivity index (χ2n) is 6.75. The molecule has 2 amide bonds. The van der Waals surface area contributed by atoms with E-state index in [1.165, 1.54) is 11.1 Å². The Morgan fingerprint density at radius 1 is 1.04 bits per heavy atom. The van der Waals surface area contributed by atoms with Gasteiger partial charge in [-0.25, -0.2) is 0 Å². The molecular formula is C23H30N2O2S. The van der Waals surface area contributed by atoms with Crippen LogP contribution in [-0.4, -0.2) is 35.1 Å². The number of carbonyl (C=O) groups is 2. The summed E-state index contributed by atoms with van der Waals surface area (Å²) in [5.41, 5.74) is 3.51. The molecule has 0 saturated carbocycles. The number of amides is 2. The van der Waals surface area contributed by atoms with Crippen LogP contribution in [0.3, 0.4) is 0 Å². The van der Waals surface area contributed by atoms with Gasteiger partial charge in [0, 0.05) is 18.8 Å². The maximum atomic E-state index is 13.1. The summed E-state index contributed by atoms with van der Waals surface area (Å²) in [7, 11) is 0. The van der Waals surface area contributed by atoms with Crippen LogP contribution in [0.2, 0.25) is 0 Å². The SMILES string of the molecule is CCNC(=O)[C@@H](CC)N(Cc1ccccc1)C(=O)CSCc1ccccc1C. The van der Waals surface area contributed by atoms with Gasteiger partial charge in [0.25, 0.3) is 0 Å². The summed E-state index contributed by atoms with van der Waals surface area (Å²) >= 11 is 1.60. The van der Waals surface area contributed by atoms with Crippen LogP contribution < -0.4 is 5.32 Å². The van der Waals surface area contributed by atoms with E-state index in [9.17, 15) is 9.59 Å². The monoisotopic (exact) mass is 398 g/mol. The Morgan fingerprint density at radius 2 is 1.71 bits per heavy atom. The molecule has 1 N–H and O–H groups in total. The van der Waals surface area contributed by atoms with E-state index in [0.29, 0.717) is 25.3 Å². The number of carbonyl (C=O) groups excluding carboxylic acids is 2. The van der Waals surface area contributed by atoms with Crippen molar-refractivity contribution in [1.29, 1.82) is 0 Å². The minimum atomic E-state index is -0.452. The van der Waals surface area contributed by atoms with E-state index in [2.05, 4.69) is 24.4 Å². The van der Waals surface area contributed by atoms with Crippen LogP contribution in [0, 0.1) is 6.92 Å². The smallest absolute Gasteiger partial charge is 0.242 e. The van der Waals surface area contributed by atoms with Gasteiger partial charge in [0.2, 0.25) is 11.8 Å². The predicted molar refractivity (Wildman–Crippen MR) is 117 cm³/mol. The summed E-state index contributed by atoms with van der Waals surface area (Å²) in [4.78, 5) is 27.3. The van der Waals surface area contributed by atoms with Crippen molar-refractivity contribution in [2.45, 2.75) is 45.5 Å². The topological polar surface area (TPSA) is 49.4 Å². The first-order valence-electron chi connectivity index (χ1n) is 9.80. The number of thioether (sulfide) groups is 1.